The first-order valence-electron chi connectivity index (χ1n) is 7.25. The Labute approximate surface area is 138 Å². The third kappa shape index (κ3) is 3.57. The van der Waals surface area contributed by atoms with Gasteiger partial charge in [-0.3, -0.25) is 4.79 Å². The van der Waals surface area contributed by atoms with Gasteiger partial charge >= 0.3 is 0 Å². The first kappa shape index (κ1) is 15.6. The van der Waals surface area contributed by atoms with Crippen molar-refractivity contribution in [2.45, 2.75) is 26.1 Å². The largest absolute Gasteiger partial charge is 0.391 e. The van der Waals surface area contributed by atoms with Gasteiger partial charge in [-0.25, -0.2) is 4.98 Å². The van der Waals surface area contributed by atoms with Gasteiger partial charge in [-0.15, -0.1) is 11.3 Å². The minimum Gasteiger partial charge on any atom is -0.391 e. The monoisotopic (exact) mass is 331 g/mol. The second kappa shape index (κ2) is 6.89. The Balaban J connectivity index is 1.89. The van der Waals surface area contributed by atoms with Crippen LogP contribution in [0.4, 0.5) is 0 Å². The van der Waals surface area contributed by atoms with Crippen LogP contribution in [0.3, 0.4) is 0 Å². The Morgan fingerprint density at radius 1 is 1.43 bits per heavy atom. The number of aromatic nitrogens is 1. The molecule has 6 nitrogen and oxygen atoms in total. The SMILES string of the molecule is COCc1nc(C(=O)NC2=NO[C@H](C)C2)c(-c2ccccc2)s1. The number of nitrogens with one attached hydrogen (secondary N) is 1. The van der Waals surface area contributed by atoms with Crippen LogP contribution in [0.25, 0.3) is 10.4 Å². The van der Waals surface area contributed by atoms with E-state index in [9.17, 15) is 4.79 Å². The second-order valence-electron chi connectivity index (χ2n) is 5.20. The highest BCUT2D eigenvalue weighted by atomic mass is 32.1. The number of benzene rings is 1. The van der Waals surface area contributed by atoms with Gasteiger partial charge < -0.3 is 14.9 Å². The fourth-order valence-corrected chi connectivity index (χ4v) is 3.29. The van der Waals surface area contributed by atoms with Gasteiger partial charge in [0.05, 0.1) is 11.5 Å². The van der Waals surface area contributed by atoms with Gasteiger partial charge in [-0.1, -0.05) is 35.5 Å². The molecule has 0 aliphatic carbocycles. The molecule has 1 aliphatic rings. The van der Waals surface area contributed by atoms with Crippen LogP contribution in [0.2, 0.25) is 0 Å². The minimum absolute atomic E-state index is 0.0154. The zero-order chi connectivity index (χ0) is 16.2. The molecule has 120 valence electrons. The number of rotatable bonds is 4. The maximum Gasteiger partial charge on any atom is 0.276 e. The molecule has 3 rings (SSSR count). The van der Waals surface area contributed by atoms with Crippen LogP contribution in [0.15, 0.2) is 35.5 Å². The molecule has 2 aromatic rings. The van der Waals surface area contributed by atoms with Gasteiger partial charge in [-0.05, 0) is 12.5 Å². The predicted octanol–water partition coefficient (Wildman–Crippen LogP) is 2.81. The van der Waals surface area contributed by atoms with Crippen molar-refractivity contribution in [1.82, 2.24) is 10.3 Å². The van der Waals surface area contributed by atoms with E-state index in [0.717, 1.165) is 15.4 Å². The van der Waals surface area contributed by atoms with E-state index in [4.69, 9.17) is 9.57 Å². The molecule has 23 heavy (non-hydrogen) atoms. The molecule has 0 saturated carbocycles. The lowest BCUT2D eigenvalue weighted by molar-refractivity contribution is 0.0964. The number of methoxy groups -OCH3 is 1. The quantitative estimate of drug-likeness (QED) is 0.935. The van der Waals surface area contributed by atoms with Crippen LogP contribution in [0.1, 0.15) is 28.8 Å². The van der Waals surface area contributed by atoms with Crippen LogP contribution in [0, 0.1) is 0 Å². The zero-order valence-corrected chi connectivity index (χ0v) is 13.7. The zero-order valence-electron chi connectivity index (χ0n) is 12.9. The van der Waals surface area contributed by atoms with Gasteiger partial charge in [0.2, 0.25) is 0 Å². The summed E-state index contributed by atoms with van der Waals surface area (Å²) in [5.74, 6) is 0.252. The maximum atomic E-state index is 12.6. The summed E-state index contributed by atoms with van der Waals surface area (Å²) in [5.41, 5.74) is 1.34. The van der Waals surface area contributed by atoms with Gasteiger partial charge in [0, 0.05) is 13.5 Å². The fraction of sp³-hybridized carbons (Fsp3) is 0.312. The van der Waals surface area contributed by atoms with E-state index >= 15 is 0 Å². The molecule has 0 saturated heterocycles. The smallest absolute Gasteiger partial charge is 0.276 e. The van der Waals surface area contributed by atoms with Crippen molar-refractivity contribution in [2.24, 2.45) is 5.16 Å². The third-order valence-corrected chi connectivity index (χ3v) is 4.35. The molecule has 0 spiro atoms. The Bertz CT molecular complexity index is 727. The van der Waals surface area contributed by atoms with Crippen LogP contribution in [-0.2, 0) is 16.2 Å². The van der Waals surface area contributed by atoms with Crippen molar-refractivity contribution in [1.29, 1.82) is 0 Å². The summed E-state index contributed by atoms with van der Waals surface area (Å²) in [5, 5.41) is 7.40. The van der Waals surface area contributed by atoms with Gasteiger partial charge in [0.1, 0.15) is 16.8 Å². The van der Waals surface area contributed by atoms with Gasteiger partial charge in [0.15, 0.2) is 5.84 Å². The normalized spacial score (nSPS) is 16.8. The number of carbonyl (C=O) groups excluding carboxylic acids is 1. The highest BCUT2D eigenvalue weighted by Crippen LogP contribution is 2.30. The van der Waals surface area contributed by atoms with E-state index in [2.05, 4.69) is 15.5 Å². The molecule has 2 heterocycles. The van der Waals surface area contributed by atoms with Gasteiger partial charge in [0.25, 0.3) is 5.91 Å². The molecule has 0 bridgehead atoms. The van der Waals surface area contributed by atoms with Crippen molar-refractivity contribution in [3.05, 3.63) is 41.0 Å². The van der Waals surface area contributed by atoms with Crippen molar-refractivity contribution in [2.75, 3.05) is 7.11 Å². The number of amides is 1. The second-order valence-corrected chi connectivity index (χ2v) is 6.28. The van der Waals surface area contributed by atoms with E-state index < -0.39 is 0 Å². The van der Waals surface area contributed by atoms with Crippen LogP contribution < -0.4 is 5.32 Å². The molecule has 1 aromatic carbocycles. The first-order chi connectivity index (χ1) is 11.2. The molecule has 0 fully saturated rings. The van der Waals surface area contributed by atoms with Gasteiger partial charge in [-0.2, -0.15) is 0 Å². The summed E-state index contributed by atoms with van der Waals surface area (Å²) >= 11 is 1.46. The highest BCUT2D eigenvalue weighted by Gasteiger charge is 2.23. The molecule has 0 unspecified atom stereocenters. The lowest BCUT2D eigenvalue weighted by atomic mass is 10.1. The number of hydrogen-bond acceptors (Lipinski definition) is 6. The first-order valence-corrected chi connectivity index (χ1v) is 8.07. The number of oxime groups is 1. The summed E-state index contributed by atoms with van der Waals surface area (Å²) in [6.45, 7) is 2.27. The van der Waals surface area contributed by atoms with Crippen LogP contribution in [-0.4, -0.2) is 29.9 Å². The van der Waals surface area contributed by atoms with Crippen LogP contribution >= 0.6 is 11.3 Å². The highest BCUT2D eigenvalue weighted by molar-refractivity contribution is 7.15. The topological polar surface area (TPSA) is 72.8 Å². The Hall–Kier alpha value is -2.25. The summed E-state index contributed by atoms with van der Waals surface area (Å²) in [7, 11) is 1.61. The molecule has 0 radical (unpaired) electrons. The van der Waals surface area contributed by atoms with Crippen LogP contribution in [0.5, 0.6) is 0 Å². The van der Waals surface area contributed by atoms with E-state index in [0.29, 0.717) is 24.6 Å². The molecular weight excluding hydrogens is 314 g/mol. The summed E-state index contributed by atoms with van der Waals surface area (Å²) in [6, 6.07) is 9.72. The lowest BCUT2D eigenvalue weighted by Crippen LogP contribution is -2.30. The summed E-state index contributed by atoms with van der Waals surface area (Å²) < 4.78 is 5.13. The number of carbonyl (C=O) groups is 1. The number of nitrogens with zero attached hydrogens (tertiary/aromatic N) is 2. The number of ether oxygens (including phenoxy) is 1. The predicted molar refractivity (Wildman–Crippen MR) is 88.3 cm³/mol. The average Bonchev–Trinajstić information content (AvgIpc) is 3.15. The fourth-order valence-electron chi connectivity index (χ4n) is 2.25. The molecule has 1 N–H and O–H groups in total. The summed E-state index contributed by atoms with van der Waals surface area (Å²) in [6.07, 6.45) is 0.569. The van der Waals surface area contributed by atoms with Crippen molar-refractivity contribution >= 4 is 23.1 Å². The Morgan fingerprint density at radius 2 is 2.22 bits per heavy atom. The van der Waals surface area contributed by atoms with Crippen molar-refractivity contribution in [3.8, 4) is 10.4 Å². The maximum absolute atomic E-state index is 12.6. The van der Waals surface area contributed by atoms with E-state index in [-0.39, 0.29) is 12.0 Å². The van der Waals surface area contributed by atoms with Crippen molar-refractivity contribution in [3.63, 3.8) is 0 Å². The van der Waals surface area contributed by atoms with Crippen molar-refractivity contribution < 1.29 is 14.4 Å². The molecule has 1 atom stereocenters. The molecule has 1 amide bonds. The third-order valence-electron chi connectivity index (χ3n) is 3.27. The van der Waals surface area contributed by atoms with E-state index in [1.807, 2.05) is 37.3 Å². The Kier molecular flexibility index (Phi) is 4.68. The number of hydrogen-bond donors (Lipinski definition) is 1. The lowest BCUT2D eigenvalue weighted by Gasteiger charge is -2.04. The standard InChI is InChI=1S/C16H17N3O3S/c1-10-8-12(19-22-10)17-16(20)14-15(11-6-4-3-5-7-11)23-13(18-14)9-21-2/h3-7,10H,8-9H2,1-2H3,(H,17,19,20)/t10-/m1/s1. The molecular formula is C16H17N3O3S. The molecule has 1 aromatic heterocycles. The number of amidine groups is 1. The average molecular weight is 331 g/mol. The minimum atomic E-state index is -0.279. The molecule has 7 heteroatoms. The van der Waals surface area contributed by atoms with E-state index in [1.54, 1.807) is 7.11 Å². The van der Waals surface area contributed by atoms with E-state index in [1.165, 1.54) is 11.3 Å². The Morgan fingerprint density at radius 3 is 2.87 bits per heavy atom. The summed E-state index contributed by atoms with van der Waals surface area (Å²) in [4.78, 5) is 22.9. The molecule has 1 aliphatic heterocycles. The number of thiazole rings is 1.